The van der Waals surface area contributed by atoms with E-state index in [9.17, 15) is 4.79 Å². The minimum absolute atomic E-state index is 0.0860. The van der Waals surface area contributed by atoms with Gasteiger partial charge < -0.3 is 4.90 Å². The summed E-state index contributed by atoms with van der Waals surface area (Å²) in [5, 5.41) is 4.13. The van der Waals surface area contributed by atoms with Crippen molar-refractivity contribution in [2.75, 3.05) is 18.0 Å². The standard InChI is InChI=1S/C23H21ClN2O/c24-20-11-6-10-19(15-20)23(18-8-2-1-3-9-18)25-16-22(27)26-14-13-17-7-4-5-12-21(17)26/h1-12,15,23,25H,13-14,16H2. The summed E-state index contributed by atoms with van der Waals surface area (Å²) in [4.78, 5) is 14.8. The van der Waals surface area contributed by atoms with Crippen molar-refractivity contribution < 1.29 is 4.79 Å². The number of para-hydroxylation sites is 1. The van der Waals surface area contributed by atoms with E-state index >= 15 is 0 Å². The highest BCUT2D eigenvalue weighted by Crippen LogP contribution is 2.28. The highest BCUT2D eigenvalue weighted by Gasteiger charge is 2.25. The monoisotopic (exact) mass is 376 g/mol. The summed E-state index contributed by atoms with van der Waals surface area (Å²) in [6, 6.07) is 25.9. The molecule has 1 unspecified atom stereocenters. The third-order valence-corrected chi connectivity index (χ3v) is 5.20. The first kappa shape index (κ1) is 17.8. The number of carbonyl (C=O) groups excluding carboxylic acids is 1. The van der Waals surface area contributed by atoms with Crippen LogP contribution in [0.2, 0.25) is 5.02 Å². The first-order valence-corrected chi connectivity index (χ1v) is 9.52. The maximum absolute atomic E-state index is 12.9. The van der Waals surface area contributed by atoms with Gasteiger partial charge in [0, 0.05) is 17.3 Å². The van der Waals surface area contributed by atoms with Gasteiger partial charge in [-0.3, -0.25) is 10.1 Å². The predicted molar refractivity (Wildman–Crippen MR) is 110 cm³/mol. The molecule has 3 aromatic rings. The van der Waals surface area contributed by atoms with E-state index in [4.69, 9.17) is 11.6 Å². The fraction of sp³-hybridized carbons (Fsp3) is 0.174. The third-order valence-electron chi connectivity index (χ3n) is 4.96. The SMILES string of the molecule is O=C(CNC(c1ccccc1)c1cccc(Cl)c1)N1CCc2ccccc21. The van der Waals surface area contributed by atoms with Crippen molar-refractivity contribution in [1.29, 1.82) is 0 Å². The number of hydrogen-bond donors (Lipinski definition) is 1. The number of nitrogens with one attached hydrogen (secondary N) is 1. The molecule has 1 amide bonds. The zero-order valence-corrected chi connectivity index (χ0v) is 15.7. The van der Waals surface area contributed by atoms with Gasteiger partial charge in [0.05, 0.1) is 12.6 Å². The number of fused-ring (bicyclic) bond motifs is 1. The lowest BCUT2D eigenvalue weighted by molar-refractivity contribution is -0.117. The number of benzene rings is 3. The van der Waals surface area contributed by atoms with Crippen molar-refractivity contribution >= 4 is 23.2 Å². The Kier molecular flexibility index (Phi) is 5.23. The summed E-state index contributed by atoms with van der Waals surface area (Å²) in [6.07, 6.45) is 0.915. The number of anilines is 1. The lowest BCUT2D eigenvalue weighted by Gasteiger charge is -2.23. The second-order valence-electron chi connectivity index (χ2n) is 6.70. The van der Waals surface area contributed by atoms with Crippen LogP contribution in [-0.2, 0) is 11.2 Å². The molecule has 0 aromatic heterocycles. The summed E-state index contributed by atoms with van der Waals surface area (Å²) in [5.41, 5.74) is 4.42. The Hall–Kier alpha value is -2.62. The Morgan fingerprint density at radius 2 is 1.70 bits per heavy atom. The topological polar surface area (TPSA) is 32.3 Å². The van der Waals surface area contributed by atoms with Crippen LogP contribution in [-0.4, -0.2) is 19.0 Å². The summed E-state index contributed by atoms with van der Waals surface area (Å²) in [6.45, 7) is 1.01. The highest BCUT2D eigenvalue weighted by atomic mass is 35.5. The molecule has 0 saturated carbocycles. The normalized spacial score (nSPS) is 14.0. The van der Waals surface area contributed by atoms with E-state index in [1.807, 2.05) is 65.6 Å². The van der Waals surface area contributed by atoms with Gasteiger partial charge in [-0.05, 0) is 41.3 Å². The molecule has 1 atom stereocenters. The van der Waals surface area contributed by atoms with Crippen LogP contribution in [0.1, 0.15) is 22.7 Å². The molecule has 0 saturated heterocycles. The van der Waals surface area contributed by atoms with Crippen LogP contribution in [0.5, 0.6) is 0 Å². The Morgan fingerprint density at radius 1 is 0.963 bits per heavy atom. The maximum Gasteiger partial charge on any atom is 0.240 e. The van der Waals surface area contributed by atoms with Crippen LogP contribution in [0.3, 0.4) is 0 Å². The Bertz CT molecular complexity index is 942. The Labute approximate surface area is 164 Å². The summed E-state index contributed by atoms with van der Waals surface area (Å²) in [5.74, 6) is 0.0860. The van der Waals surface area contributed by atoms with Crippen LogP contribution in [0.15, 0.2) is 78.9 Å². The molecule has 1 aliphatic rings. The van der Waals surface area contributed by atoms with Gasteiger partial charge in [-0.1, -0.05) is 72.3 Å². The van der Waals surface area contributed by atoms with Gasteiger partial charge in [-0.15, -0.1) is 0 Å². The number of hydrogen-bond acceptors (Lipinski definition) is 2. The fourth-order valence-electron chi connectivity index (χ4n) is 3.64. The van der Waals surface area contributed by atoms with Gasteiger partial charge in [-0.2, -0.15) is 0 Å². The van der Waals surface area contributed by atoms with E-state index in [1.54, 1.807) is 0 Å². The predicted octanol–water partition coefficient (Wildman–Crippen LogP) is 4.61. The molecule has 0 radical (unpaired) electrons. The average Bonchev–Trinajstić information content (AvgIpc) is 3.13. The number of amides is 1. The molecule has 4 rings (SSSR count). The molecule has 1 aliphatic heterocycles. The summed E-state index contributed by atoms with van der Waals surface area (Å²) in [7, 11) is 0. The quantitative estimate of drug-likeness (QED) is 0.705. The zero-order valence-electron chi connectivity index (χ0n) is 14.9. The number of halogens is 1. The van der Waals surface area contributed by atoms with E-state index in [0.29, 0.717) is 5.02 Å². The van der Waals surface area contributed by atoms with Gasteiger partial charge in [0.15, 0.2) is 0 Å². The van der Waals surface area contributed by atoms with Crippen LogP contribution in [0.4, 0.5) is 5.69 Å². The molecule has 0 bridgehead atoms. The van der Waals surface area contributed by atoms with Crippen molar-refractivity contribution in [3.8, 4) is 0 Å². The van der Waals surface area contributed by atoms with Gasteiger partial charge in [0.2, 0.25) is 5.91 Å². The average molecular weight is 377 g/mol. The lowest BCUT2D eigenvalue weighted by Crippen LogP contribution is -2.38. The van der Waals surface area contributed by atoms with Gasteiger partial charge >= 0.3 is 0 Å². The highest BCUT2D eigenvalue weighted by molar-refractivity contribution is 6.30. The summed E-state index contributed by atoms with van der Waals surface area (Å²) < 4.78 is 0. The van der Waals surface area contributed by atoms with E-state index in [2.05, 4.69) is 23.5 Å². The minimum atomic E-state index is -0.0910. The molecular weight excluding hydrogens is 356 g/mol. The molecule has 3 nitrogen and oxygen atoms in total. The van der Waals surface area contributed by atoms with Crippen molar-refractivity contribution in [1.82, 2.24) is 5.32 Å². The molecule has 0 spiro atoms. The minimum Gasteiger partial charge on any atom is -0.311 e. The fourth-order valence-corrected chi connectivity index (χ4v) is 3.84. The number of nitrogens with zero attached hydrogens (tertiary/aromatic N) is 1. The molecule has 136 valence electrons. The molecule has 0 aliphatic carbocycles. The van der Waals surface area contributed by atoms with E-state index in [-0.39, 0.29) is 18.5 Å². The molecule has 4 heteroatoms. The Morgan fingerprint density at radius 3 is 2.52 bits per heavy atom. The number of carbonyl (C=O) groups is 1. The largest absolute Gasteiger partial charge is 0.311 e. The Balaban J connectivity index is 1.53. The van der Waals surface area contributed by atoms with Crippen molar-refractivity contribution in [3.63, 3.8) is 0 Å². The van der Waals surface area contributed by atoms with Crippen LogP contribution >= 0.6 is 11.6 Å². The van der Waals surface area contributed by atoms with Gasteiger partial charge in [0.1, 0.15) is 0 Å². The smallest absolute Gasteiger partial charge is 0.240 e. The number of rotatable bonds is 5. The van der Waals surface area contributed by atoms with Crippen LogP contribution < -0.4 is 10.2 Å². The second-order valence-corrected chi connectivity index (χ2v) is 7.14. The first-order valence-electron chi connectivity index (χ1n) is 9.14. The molecule has 0 fully saturated rings. The second kappa shape index (κ2) is 7.95. The van der Waals surface area contributed by atoms with E-state index in [1.165, 1.54) is 5.56 Å². The third kappa shape index (κ3) is 3.90. The van der Waals surface area contributed by atoms with Crippen molar-refractivity contribution in [2.24, 2.45) is 0 Å². The molecule has 3 aromatic carbocycles. The molecular formula is C23H21ClN2O. The molecule has 27 heavy (non-hydrogen) atoms. The van der Waals surface area contributed by atoms with Crippen LogP contribution in [0, 0.1) is 0 Å². The van der Waals surface area contributed by atoms with E-state index < -0.39 is 0 Å². The van der Waals surface area contributed by atoms with Gasteiger partial charge in [0.25, 0.3) is 0 Å². The lowest BCUT2D eigenvalue weighted by atomic mass is 9.99. The molecule has 1 heterocycles. The first-order chi connectivity index (χ1) is 13.2. The van der Waals surface area contributed by atoms with E-state index in [0.717, 1.165) is 29.8 Å². The zero-order chi connectivity index (χ0) is 18.6. The van der Waals surface area contributed by atoms with Crippen LogP contribution in [0.25, 0.3) is 0 Å². The van der Waals surface area contributed by atoms with Gasteiger partial charge in [-0.25, -0.2) is 0 Å². The van der Waals surface area contributed by atoms with Crippen molar-refractivity contribution in [2.45, 2.75) is 12.5 Å². The maximum atomic E-state index is 12.9. The molecule has 1 N–H and O–H groups in total. The van der Waals surface area contributed by atoms with Crippen molar-refractivity contribution in [3.05, 3.63) is 101 Å². The summed E-state index contributed by atoms with van der Waals surface area (Å²) >= 11 is 6.20.